The number of hydrogen-bond donors (Lipinski definition) is 2. The molecule has 6 heteroatoms. The van der Waals surface area contributed by atoms with Crippen LogP contribution in [-0.2, 0) is 9.53 Å². The van der Waals surface area contributed by atoms with Crippen LogP contribution in [0.5, 0.6) is 0 Å². The Morgan fingerprint density at radius 2 is 2.05 bits per heavy atom. The molecule has 1 aliphatic rings. The van der Waals surface area contributed by atoms with E-state index in [0.717, 1.165) is 0 Å². The lowest BCUT2D eigenvalue weighted by atomic mass is 9.79. The third-order valence-electron chi connectivity index (χ3n) is 3.50. The first-order valence-electron chi connectivity index (χ1n) is 6.12. The Morgan fingerprint density at radius 3 is 2.68 bits per heavy atom. The topological polar surface area (TPSA) is 64.4 Å². The molecule has 0 radical (unpaired) electrons. The number of amides is 1. The van der Waals surface area contributed by atoms with Crippen molar-refractivity contribution in [2.45, 2.75) is 12.8 Å². The van der Waals surface area contributed by atoms with Gasteiger partial charge in [-0.15, -0.1) is 0 Å². The molecule has 0 aliphatic carbocycles. The molecule has 0 atom stereocenters. The number of nitrogens with two attached hydrogens (primary N) is 1. The quantitative estimate of drug-likeness (QED) is 0.902. The maximum atomic E-state index is 12.4. The van der Waals surface area contributed by atoms with Gasteiger partial charge in [-0.3, -0.25) is 4.79 Å². The summed E-state index contributed by atoms with van der Waals surface area (Å²) in [6, 6.07) is 4.95. The minimum atomic E-state index is -0.579. The van der Waals surface area contributed by atoms with Gasteiger partial charge in [-0.05, 0) is 31.0 Å². The normalized spacial score (nSPS) is 18.1. The number of benzene rings is 1. The van der Waals surface area contributed by atoms with Gasteiger partial charge in [-0.2, -0.15) is 0 Å². The fourth-order valence-corrected chi connectivity index (χ4v) is 2.47. The summed E-state index contributed by atoms with van der Waals surface area (Å²) in [5.74, 6) is -0.123. The summed E-state index contributed by atoms with van der Waals surface area (Å²) in [7, 11) is 0. The van der Waals surface area contributed by atoms with E-state index in [2.05, 4.69) is 5.32 Å². The van der Waals surface area contributed by atoms with Crippen molar-refractivity contribution in [3.63, 3.8) is 0 Å². The van der Waals surface area contributed by atoms with E-state index in [4.69, 9.17) is 33.7 Å². The molecule has 0 unspecified atom stereocenters. The molecule has 19 heavy (non-hydrogen) atoms. The summed E-state index contributed by atoms with van der Waals surface area (Å²) < 4.78 is 5.29. The van der Waals surface area contributed by atoms with Crippen LogP contribution < -0.4 is 11.1 Å². The van der Waals surface area contributed by atoms with Crippen molar-refractivity contribution in [2.75, 3.05) is 25.1 Å². The van der Waals surface area contributed by atoms with Crippen LogP contribution in [0, 0.1) is 5.41 Å². The van der Waals surface area contributed by atoms with Crippen molar-refractivity contribution in [1.29, 1.82) is 0 Å². The number of rotatable bonds is 3. The number of halogens is 2. The second-order valence-corrected chi connectivity index (χ2v) is 5.52. The number of carbonyl (C=O) groups is 1. The molecule has 0 spiro atoms. The van der Waals surface area contributed by atoms with Crippen LogP contribution in [0.3, 0.4) is 0 Å². The first kappa shape index (κ1) is 14.6. The molecule has 104 valence electrons. The standard InChI is InChI=1S/C13H16Cl2N2O2/c14-9-1-2-10(15)11(7-9)17-12(18)13(8-16)3-5-19-6-4-13/h1-2,7H,3-6,8,16H2,(H,17,18). The van der Waals surface area contributed by atoms with Crippen molar-refractivity contribution in [1.82, 2.24) is 0 Å². The third-order valence-corrected chi connectivity index (χ3v) is 4.06. The maximum Gasteiger partial charge on any atom is 0.232 e. The summed E-state index contributed by atoms with van der Waals surface area (Å²) in [4.78, 5) is 12.4. The molecule has 4 nitrogen and oxygen atoms in total. The number of anilines is 1. The van der Waals surface area contributed by atoms with E-state index >= 15 is 0 Å². The van der Waals surface area contributed by atoms with E-state index in [0.29, 0.717) is 48.3 Å². The van der Waals surface area contributed by atoms with Crippen LogP contribution in [0.25, 0.3) is 0 Å². The van der Waals surface area contributed by atoms with E-state index in [1.54, 1.807) is 18.2 Å². The number of nitrogens with one attached hydrogen (secondary N) is 1. The second kappa shape index (κ2) is 6.09. The highest BCUT2D eigenvalue weighted by Gasteiger charge is 2.38. The maximum absolute atomic E-state index is 12.4. The van der Waals surface area contributed by atoms with E-state index < -0.39 is 5.41 Å². The molecule has 1 aromatic rings. The van der Waals surface area contributed by atoms with E-state index in [9.17, 15) is 4.79 Å². The lowest BCUT2D eigenvalue weighted by Crippen LogP contribution is -2.46. The van der Waals surface area contributed by atoms with Gasteiger partial charge >= 0.3 is 0 Å². The highest BCUT2D eigenvalue weighted by molar-refractivity contribution is 6.35. The third kappa shape index (κ3) is 3.20. The smallest absolute Gasteiger partial charge is 0.232 e. The molecule has 1 amide bonds. The number of carbonyl (C=O) groups excluding carboxylic acids is 1. The van der Waals surface area contributed by atoms with Gasteiger partial charge in [0.15, 0.2) is 0 Å². The van der Waals surface area contributed by atoms with Gasteiger partial charge in [0.05, 0.1) is 16.1 Å². The van der Waals surface area contributed by atoms with Gasteiger partial charge < -0.3 is 15.8 Å². The van der Waals surface area contributed by atoms with Gasteiger partial charge in [0, 0.05) is 24.8 Å². The van der Waals surface area contributed by atoms with Crippen LogP contribution in [0.1, 0.15) is 12.8 Å². The van der Waals surface area contributed by atoms with E-state index in [-0.39, 0.29) is 5.91 Å². The molecule has 0 aromatic heterocycles. The predicted molar refractivity (Wildman–Crippen MR) is 76.6 cm³/mol. The highest BCUT2D eigenvalue weighted by Crippen LogP contribution is 2.33. The van der Waals surface area contributed by atoms with Gasteiger partial charge in [0.2, 0.25) is 5.91 Å². The first-order chi connectivity index (χ1) is 9.07. The van der Waals surface area contributed by atoms with Crippen LogP contribution >= 0.6 is 23.2 Å². The Hall–Kier alpha value is -0.810. The molecule has 1 aliphatic heterocycles. The Kier molecular flexibility index (Phi) is 4.68. The van der Waals surface area contributed by atoms with Gasteiger partial charge in [-0.1, -0.05) is 23.2 Å². The zero-order chi connectivity index (χ0) is 13.9. The minimum absolute atomic E-state index is 0.123. The summed E-state index contributed by atoms with van der Waals surface area (Å²) in [6.07, 6.45) is 1.24. The molecule has 1 saturated heterocycles. The average Bonchev–Trinajstić information content (AvgIpc) is 2.43. The zero-order valence-corrected chi connectivity index (χ0v) is 11.9. The fourth-order valence-electron chi connectivity index (χ4n) is 2.13. The highest BCUT2D eigenvalue weighted by atomic mass is 35.5. The summed E-state index contributed by atoms with van der Waals surface area (Å²) in [5.41, 5.74) is 5.72. The second-order valence-electron chi connectivity index (χ2n) is 4.68. The molecular formula is C13H16Cl2N2O2. The molecule has 1 heterocycles. The Morgan fingerprint density at radius 1 is 1.37 bits per heavy atom. The molecule has 1 fully saturated rings. The lowest BCUT2D eigenvalue weighted by Gasteiger charge is -2.34. The molecule has 2 rings (SSSR count). The minimum Gasteiger partial charge on any atom is -0.381 e. The summed E-state index contributed by atoms with van der Waals surface area (Å²) >= 11 is 11.9. The van der Waals surface area contributed by atoms with Crippen molar-refractivity contribution in [3.05, 3.63) is 28.2 Å². The number of ether oxygens (including phenoxy) is 1. The fraction of sp³-hybridized carbons (Fsp3) is 0.462. The van der Waals surface area contributed by atoms with Crippen molar-refractivity contribution in [2.24, 2.45) is 11.1 Å². The number of hydrogen-bond acceptors (Lipinski definition) is 3. The van der Waals surface area contributed by atoms with Crippen molar-refractivity contribution < 1.29 is 9.53 Å². The van der Waals surface area contributed by atoms with Crippen LogP contribution in [0.2, 0.25) is 10.0 Å². The Bertz CT molecular complexity index is 474. The van der Waals surface area contributed by atoms with E-state index in [1.165, 1.54) is 0 Å². The van der Waals surface area contributed by atoms with Crippen molar-refractivity contribution >= 4 is 34.8 Å². The van der Waals surface area contributed by atoms with Crippen LogP contribution in [0.4, 0.5) is 5.69 Å². The Balaban J connectivity index is 2.17. The van der Waals surface area contributed by atoms with Gasteiger partial charge in [0.25, 0.3) is 0 Å². The largest absolute Gasteiger partial charge is 0.381 e. The van der Waals surface area contributed by atoms with Gasteiger partial charge in [0.1, 0.15) is 0 Å². The Labute approximate surface area is 122 Å². The lowest BCUT2D eigenvalue weighted by molar-refractivity contribution is -0.130. The molecule has 1 aromatic carbocycles. The summed E-state index contributed by atoms with van der Waals surface area (Å²) in [5, 5.41) is 3.80. The van der Waals surface area contributed by atoms with E-state index in [1.807, 2.05) is 0 Å². The molecule has 0 bridgehead atoms. The first-order valence-corrected chi connectivity index (χ1v) is 6.87. The molecular weight excluding hydrogens is 287 g/mol. The zero-order valence-electron chi connectivity index (χ0n) is 10.4. The molecule has 3 N–H and O–H groups in total. The van der Waals surface area contributed by atoms with Crippen LogP contribution in [0.15, 0.2) is 18.2 Å². The van der Waals surface area contributed by atoms with Gasteiger partial charge in [-0.25, -0.2) is 0 Å². The van der Waals surface area contributed by atoms with Crippen LogP contribution in [-0.4, -0.2) is 25.7 Å². The predicted octanol–water partition coefficient (Wildman–Crippen LogP) is 2.69. The monoisotopic (exact) mass is 302 g/mol. The SMILES string of the molecule is NCC1(C(=O)Nc2cc(Cl)ccc2Cl)CCOCC1. The summed E-state index contributed by atoms with van der Waals surface area (Å²) in [6.45, 7) is 1.39. The van der Waals surface area contributed by atoms with Crippen molar-refractivity contribution in [3.8, 4) is 0 Å². The average molecular weight is 303 g/mol. The molecule has 0 saturated carbocycles.